The van der Waals surface area contributed by atoms with Gasteiger partial charge in [0.2, 0.25) is 0 Å². The maximum Gasteiger partial charge on any atom is 0.143 e. The lowest BCUT2D eigenvalue weighted by molar-refractivity contribution is 0.670. The highest BCUT2D eigenvalue weighted by Crippen LogP contribution is 2.42. The fraction of sp³-hybridized carbons (Fsp3) is 0.0556. The molecule has 0 saturated carbocycles. The lowest BCUT2D eigenvalue weighted by Gasteiger charge is -2.14. The van der Waals surface area contributed by atoms with Crippen molar-refractivity contribution in [3.63, 3.8) is 0 Å². The van der Waals surface area contributed by atoms with Crippen molar-refractivity contribution in [3.05, 3.63) is 121 Å². The van der Waals surface area contributed by atoms with E-state index in [1.165, 1.54) is 27.5 Å². The second kappa shape index (κ2) is 8.24. The van der Waals surface area contributed by atoms with Gasteiger partial charge in [-0.3, -0.25) is 9.97 Å². The Morgan fingerprint density at radius 2 is 1.18 bits per heavy atom. The van der Waals surface area contributed by atoms with Gasteiger partial charge in [-0.2, -0.15) is 0 Å². The van der Waals surface area contributed by atoms with Gasteiger partial charge in [0.25, 0.3) is 0 Å². The van der Waals surface area contributed by atoms with Crippen LogP contribution < -0.4 is 0 Å². The van der Waals surface area contributed by atoms with E-state index in [9.17, 15) is 0 Å². The van der Waals surface area contributed by atoms with Crippen molar-refractivity contribution in [1.82, 2.24) is 9.97 Å². The normalized spacial score (nSPS) is 11.8. The highest BCUT2D eigenvalue weighted by Gasteiger charge is 2.17. The van der Waals surface area contributed by atoms with E-state index >= 15 is 0 Å². The van der Waals surface area contributed by atoms with Crippen LogP contribution in [0.25, 0.3) is 76.8 Å². The van der Waals surface area contributed by atoms with Crippen LogP contribution in [0.4, 0.5) is 0 Å². The molecule has 3 heteroatoms. The zero-order valence-electron chi connectivity index (χ0n) is 21.7. The van der Waals surface area contributed by atoms with Crippen molar-refractivity contribution >= 4 is 54.5 Å². The standard InChI is InChI=1S/C36H24N2O/c1-21-11-14-33-30(17-21)32-19-22(2)18-31(36(32)39-33)25-8-4-3-7-24(25)23-12-13-28-29(20-23)26-9-5-6-10-27(26)34-35(28)38-16-15-37-34/h3-20H,1-2H3. The number of aromatic nitrogens is 2. The third-order valence-corrected chi connectivity index (χ3v) is 7.84. The van der Waals surface area contributed by atoms with Crippen molar-refractivity contribution in [2.24, 2.45) is 0 Å². The summed E-state index contributed by atoms with van der Waals surface area (Å²) in [6.45, 7) is 4.29. The van der Waals surface area contributed by atoms with Gasteiger partial charge < -0.3 is 4.42 Å². The van der Waals surface area contributed by atoms with E-state index in [2.05, 4.69) is 116 Å². The molecular formula is C36H24N2O. The van der Waals surface area contributed by atoms with Crippen molar-refractivity contribution in [3.8, 4) is 22.3 Å². The highest BCUT2D eigenvalue weighted by molar-refractivity contribution is 6.23. The average molecular weight is 501 g/mol. The van der Waals surface area contributed by atoms with Crippen molar-refractivity contribution in [1.29, 1.82) is 0 Å². The first-order valence-corrected chi connectivity index (χ1v) is 13.2. The Labute approximate surface area is 225 Å². The van der Waals surface area contributed by atoms with Gasteiger partial charge in [0.1, 0.15) is 11.2 Å². The maximum absolute atomic E-state index is 6.50. The van der Waals surface area contributed by atoms with E-state index in [0.29, 0.717) is 0 Å². The number of benzene rings is 6. The molecular weight excluding hydrogens is 476 g/mol. The minimum absolute atomic E-state index is 0.921. The average Bonchev–Trinajstić information content (AvgIpc) is 3.34. The van der Waals surface area contributed by atoms with Gasteiger partial charge in [0.15, 0.2) is 0 Å². The maximum atomic E-state index is 6.50. The van der Waals surface area contributed by atoms with Crippen LogP contribution in [0.3, 0.4) is 0 Å². The van der Waals surface area contributed by atoms with Crippen LogP contribution in [0.1, 0.15) is 11.1 Å². The molecule has 0 fully saturated rings. The van der Waals surface area contributed by atoms with Crippen molar-refractivity contribution in [2.45, 2.75) is 13.8 Å². The molecule has 0 aliphatic carbocycles. The second-order valence-electron chi connectivity index (χ2n) is 10.4. The van der Waals surface area contributed by atoms with Gasteiger partial charge in [0.05, 0.1) is 11.0 Å². The molecule has 0 aliphatic rings. The molecule has 6 aromatic carbocycles. The summed E-state index contributed by atoms with van der Waals surface area (Å²) >= 11 is 0. The van der Waals surface area contributed by atoms with E-state index in [4.69, 9.17) is 9.40 Å². The molecule has 0 radical (unpaired) electrons. The first-order valence-electron chi connectivity index (χ1n) is 13.2. The van der Waals surface area contributed by atoms with Crippen LogP contribution in [-0.4, -0.2) is 9.97 Å². The molecule has 184 valence electrons. The Hall–Kier alpha value is -5.02. The molecule has 3 nitrogen and oxygen atoms in total. The van der Waals surface area contributed by atoms with Gasteiger partial charge in [-0.05, 0) is 77.2 Å². The van der Waals surface area contributed by atoms with E-state index in [-0.39, 0.29) is 0 Å². The molecule has 0 unspecified atom stereocenters. The Morgan fingerprint density at radius 3 is 2.00 bits per heavy atom. The van der Waals surface area contributed by atoms with Gasteiger partial charge in [-0.15, -0.1) is 0 Å². The molecule has 0 N–H and O–H groups in total. The number of hydrogen-bond donors (Lipinski definition) is 0. The Bertz CT molecular complexity index is 2220. The summed E-state index contributed by atoms with van der Waals surface area (Å²) in [6.07, 6.45) is 3.55. The zero-order valence-corrected chi connectivity index (χ0v) is 21.7. The molecule has 2 heterocycles. The second-order valence-corrected chi connectivity index (χ2v) is 10.4. The zero-order chi connectivity index (χ0) is 26.1. The Morgan fingerprint density at radius 1 is 0.487 bits per heavy atom. The van der Waals surface area contributed by atoms with Gasteiger partial charge in [0, 0.05) is 39.5 Å². The van der Waals surface area contributed by atoms with E-state index in [1.807, 2.05) is 0 Å². The largest absolute Gasteiger partial charge is 0.455 e. The van der Waals surface area contributed by atoms with Crippen LogP contribution in [0.2, 0.25) is 0 Å². The van der Waals surface area contributed by atoms with Crippen LogP contribution in [0, 0.1) is 13.8 Å². The van der Waals surface area contributed by atoms with Crippen LogP contribution in [0.5, 0.6) is 0 Å². The minimum atomic E-state index is 0.921. The molecule has 0 saturated heterocycles. The minimum Gasteiger partial charge on any atom is -0.455 e. The predicted octanol–water partition coefficient (Wildman–Crippen LogP) is 9.79. The summed E-state index contributed by atoms with van der Waals surface area (Å²) in [4.78, 5) is 9.40. The molecule has 0 bridgehead atoms. The quantitative estimate of drug-likeness (QED) is 0.222. The molecule has 0 atom stereocenters. The summed E-state index contributed by atoms with van der Waals surface area (Å²) in [5, 5.41) is 6.93. The summed E-state index contributed by atoms with van der Waals surface area (Å²) in [7, 11) is 0. The van der Waals surface area contributed by atoms with Gasteiger partial charge in [-0.25, -0.2) is 0 Å². The molecule has 39 heavy (non-hydrogen) atoms. The topological polar surface area (TPSA) is 38.9 Å². The Balaban J connectivity index is 1.42. The lowest BCUT2D eigenvalue weighted by atomic mass is 9.90. The van der Waals surface area contributed by atoms with Gasteiger partial charge in [-0.1, -0.05) is 72.3 Å². The van der Waals surface area contributed by atoms with Crippen LogP contribution in [0.15, 0.2) is 114 Å². The predicted molar refractivity (Wildman–Crippen MR) is 162 cm³/mol. The SMILES string of the molecule is Cc1ccc2oc3c(-c4ccccc4-c4ccc5c(c4)c4ccccc4c4nccnc54)cc(C)cc3c2c1. The lowest BCUT2D eigenvalue weighted by Crippen LogP contribution is -1.90. The molecule has 8 aromatic rings. The Kier molecular flexibility index (Phi) is 4.65. The molecule has 2 aromatic heterocycles. The van der Waals surface area contributed by atoms with E-state index in [0.717, 1.165) is 60.4 Å². The smallest absolute Gasteiger partial charge is 0.143 e. The van der Waals surface area contributed by atoms with Gasteiger partial charge >= 0.3 is 0 Å². The third-order valence-electron chi connectivity index (χ3n) is 7.84. The summed E-state index contributed by atoms with van der Waals surface area (Å²) < 4.78 is 6.50. The molecule has 0 amide bonds. The van der Waals surface area contributed by atoms with Crippen molar-refractivity contribution < 1.29 is 4.42 Å². The summed E-state index contributed by atoms with van der Waals surface area (Å²) in [5.74, 6) is 0. The number of aryl methyl sites for hydroxylation is 2. The molecule has 0 aliphatic heterocycles. The summed E-state index contributed by atoms with van der Waals surface area (Å²) in [5.41, 5.74) is 10.8. The third kappa shape index (κ3) is 3.30. The number of rotatable bonds is 2. The van der Waals surface area contributed by atoms with E-state index in [1.54, 1.807) is 12.4 Å². The fourth-order valence-corrected chi connectivity index (χ4v) is 6.10. The number of hydrogen-bond acceptors (Lipinski definition) is 3. The number of nitrogens with zero attached hydrogens (tertiary/aromatic N) is 2. The van der Waals surface area contributed by atoms with Crippen LogP contribution in [-0.2, 0) is 0 Å². The van der Waals surface area contributed by atoms with E-state index < -0.39 is 0 Å². The first kappa shape index (κ1) is 22.0. The first-order chi connectivity index (χ1) is 19.2. The fourth-order valence-electron chi connectivity index (χ4n) is 6.10. The number of fused-ring (bicyclic) bond motifs is 9. The molecule has 8 rings (SSSR count). The summed E-state index contributed by atoms with van der Waals surface area (Å²) in [6, 6.07) is 34.7. The van der Waals surface area contributed by atoms with Crippen LogP contribution >= 0.6 is 0 Å². The number of furan rings is 1. The van der Waals surface area contributed by atoms with Crippen molar-refractivity contribution in [2.75, 3.05) is 0 Å². The molecule has 0 spiro atoms. The monoisotopic (exact) mass is 500 g/mol. The highest BCUT2D eigenvalue weighted by atomic mass is 16.3.